The van der Waals surface area contributed by atoms with Gasteiger partial charge < -0.3 is 9.80 Å². The highest BCUT2D eigenvalue weighted by Crippen LogP contribution is 2.32. The molecule has 30 heavy (non-hydrogen) atoms. The molecule has 0 bridgehead atoms. The first-order valence-corrected chi connectivity index (χ1v) is 12.1. The molecule has 1 saturated heterocycles. The van der Waals surface area contributed by atoms with Crippen molar-refractivity contribution in [3.05, 3.63) is 65.5 Å². The lowest BCUT2D eigenvalue weighted by Crippen LogP contribution is -2.49. The van der Waals surface area contributed by atoms with Crippen molar-refractivity contribution in [3.8, 4) is 0 Å². The van der Waals surface area contributed by atoms with E-state index in [9.17, 15) is 17.6 Å². The smallest absolute Gasteiger partial charge is 0.254 e. The molecule has 5 nitrogen and oxygen atoms in total. The fraction of sp³-hybridized carbons (Fsp3) is 0.348. The Morgan fingerprint density at radius 2 is 1.77 bits per heavy atom. The fourth-order valence-electron chi connectivity index (χ4n) is 4.16. The summed E-state index contributed by atoms with van der Waals surface area (Å²) in [5.74, 6) is -0.440. The average Bonchev–Trinajstić information content (AvgIpc) is 3.27. The molecule has 2 aromatic rings. The first-order chi connectivity index (χ1) is 14.3. The van der Waals surface area contributed by atoms with Crippen molar-refractivity contribution < 1.29 is 17.6 Å². The van der Waals surface area contributed by atoms with Crippen LogP contribution in [0, 0.1) is 5.82 Å². The first kappa shape index (κ1) is 20.6. The molecule has 1 fully saturated rings. The van der Waals surface area contributed by atoms with Crippen molar-refractivity contribution in [2.75, 3.05) is 37.3 Å². The third-order valence-electron chi connectivity index (χ3n) is 5.80. The van der Waals surface area contributed by atoms with Gasteiger partial charge >= 0.3 is 0 Å². The quantitative estimate of drug-likeness (QED) is 0.744. The molecule has 0 N–H and O–H groups in total. The summed E-state index contributed by atoms with van der Waals surface area (Å²) in [4.78, 5) is 17.2. The summed E-state index contributed by atoms with van der Waals surface area (Å²) < 4.78 is 38.2. The van der Waals surface area contributed by atoms with Gasteiger partial charge in [0.1, 0.15) is 5.82 Å². The van der Waals surface area contributed by atoms with Gasteiger partial charge in [-0.1, -0.05) is 24.3 Å². The predicted molar refractivity (Wildman–Crippen MR) is 116 cm³/mol. The lowest BCUT2D eigenvalue weighted by molar-refractivity contribution is 0.0746. The molecule has 0 saturated carbocycles. The van der Waals surface area contributed by atoms with E-state index in [-0.39, 0.29) is 16.6 Å². The van der Waals surface area contributed by atoms with Crippen molar-refractivity contribution in [1.82, 2.24) is 4.90 Å². The van der Waals surface area contributed by atoms with Crippen LogP contribution in [0.25, 0.3) is 5.57 Å². The van der Waals surface area contributed by atoms with Crippen LogP contribution in [0.2, 0.25) is 0 Å². The number of sulfone groups is 1. The van der Waals surface area contributed by atoms with E-state index in [4.69, 9.17) is 0 Å². The van der Waals surface area contributed by atoms with Gasteiger partial charge in [0, 0.05) is 38.0 Å². The van der Waals surface area contributed by atoms with Crippen molar-refractivity contribution in [1.29, 1.82) is 0 Å². The fourth-order valence-corrected chi connectivity index (χ4v) is 4.80. The highest BCUT2D eigenvalue weighted by atomic mass is 32.2. The number of piperazine rings is 1. The van der Waals surface area contributed by atoms with E-state index in [1.54, 1.807) is 35.2 Å². The Labute approximate surface area is 176 Å². The molecule has 158 valence electrons. The van der Waals surface area contributed by atoms with Crippen molar-refractivity contribution >= 4 is 27.0 Å². The number of hydrogen-bond donors (Lipinski definition) is 0. The zero-order valence-corrected chi connectivity index (χ0v) is 17.8. The van der Waals surface area contributed by atoms with Crippen LogP contribution >= 0.6 is 0 Å². The predicted octanol–water partition coefficient (Wildman–Crippen LogP) is 3.76. The molecule has 2 aliphatic rings. The SMILES string of the molecule is CS(=O)(=O)c1ccc(C2=CCCC2)c(C(=O)N2CCN(c3ccccc3F)CC2)c1. The number of para-hydroxylation sites is 1. The van der Waals surface area contributed by atoms with Crippen LogP contribution in [0.3, 0.4) is 0 Å². The molecule has 0 unspecified atom stereocenters. The van der Waals surface area contributed by atoms with Gasteiger partial charge in [-0.2, -0.15) is 0 Å². The second kappa shape index (κ2) is 8.22. The van der Waals surface area contributed by atoms with E-state index in [2.05, 4.69) is 6.08 Å². The third kappa shape index (κ3) is 4.12. The summed E-state index contributed by atoms with van der Waals surface area (Å²) >= 11 is 0. The van der Waals surface area contributed by atoms with E-state index in [1.165, 1.54) is 12.1 Å². The van der Waals surface area contributed by atoms with Crippen LogP contribution in [0.4, 0.5) is 10.1 Å². The van der Waals surface area contributed by atoms with Gasteiger partial charge in [-0.15, -0.1) is 0 Å². The number of allylic oxidation sites excluding steroid dienone is 2. The van der Waals surface area contributed by atoms with Crippen molar-refractivity contribution in [2.24, 2.45) is 0 Å². The third-order valence-corrected chi connectivity index (χ3v) is 6.91. The van der Waals surface area contributed by atoms with E-state index < -0.39 is 9.84 Å². The number of carbonyl (C=O) groups is 1. The lowest BCUT2D eigenvalue weighted by Gasteiger charge is -2.36. The minimum Gasteiger partial charge on any atom is -0.366 e. The van der Waals surface area contributed by atoms with Gasteiger partial charge in [-0.3, -0.25) is 4.79 Å². The van der Waals surface area contributed by atoms with Crippen molar-refractivity contribution in [3.63, 3.8) is 0 Å². The molecule has 0 radical (unpaired) electrons. The number of carbonyl (C=O) groups excluding carboxylic acids is 1. The molecule has 2 aromatic carbocycles. The van der Waals surface area contributed by atoms with E-state index in [1.807, 2.05) is 4.90 Å². The Balaban J connectivity index is 1.59. The summed E-state index contributed by atoms with van der Waals surface area (Å²) in [6, 6.07) is 11.5. The minimum atomic E-state index is -3.42. The second-order valence-electron chi connectivity index (χ2n) is 7.83. The van der Waals surface area contributed by atoms with Crippen LogP contribution in [-0.2, 0) is 9.84 Å². The molecule has 0 aromatic heterocycles. The van der Waals surface area contributed by atoms with Crippen LogP contribution in [0.1, 0.15) is 35.2 Å². The number of benzene rings is 2. The number of hydrogen-bond acceptors (Lipinski definition) is 4. The summed E-state index contributed by atoms with van der Waals surface area (Å²) in [5.41, 5.74) is 2.90. The summed E-state index contributed by atoms with van der Waals surface area (Å²) in [6.07, 6.45) is 6.18. The van der Waals surface area contributed by atoms with E-state index >= 15 is 0 Å². The molecular formula is C23H25FN2O3S. The van der Waals surface area contributed by atoms with E-state index in [0.29, 0.717) is 37.4 Å². The Morgan fingerprint density at radius 1 is 1.03 bits per heavy atom. The number of halogens is 1. The highest BCUT2D eigenvalue weighted by molar-refractivity contribution is 7.90. The maximum atomic E-state index is 14.1. The zero-order chi connectivity index (χ0) is 21.3. The molecule has 7 heteroatoms. The molecule has 4 rings (SSSR count). The van der Waals surface area contributed by atoms with Gasteiger partial charge in [0.2, 0.25) is 0 Å². The van der Waals surface area contributed by atoms with E-state index in [0.717, 1.165) is 36.7 Å². The monoisotopic (exact) mass is 428 g/mol. The Bertz CT molecular complexity index is 1100. The van der Waals surface area contributed by atoms with Crippen LogP contribution < -0.4 is 4.90 Å². The number of amides is 1. The largest absolute Gasteiger partial charge is 0.366 e. The maximum absolute atomic E-state index is 14.1. The van der Waals surface area contributed by atoms with Gasteiger partial charge in [0.25, 0.3) is 5.91 Å². The second-order valence-corrected chi connectivity index (χ2v) is 9.85. The zero-order valence-electron chi connectivity index (χ0n) is 17.0. The lowest BCUT2D eigenvalue weighted by atomic mass is 9.98. The Kier molecular flexibility index (Phi) is 5.64. The van der Waals surface area contributed by atoms with Gasteiger partial charge in [-0.05, 0) is 54.7 Å². The standard InChI is InChI=1S/C23H25FN2O3S/c1-30(28,29)18-10-11-19(17-6-2-3-7-17)20(16-18)23(27)26-14-12-25(13-15-26)22-9-5-4-8-21(22)24/h4-6,8-11,16H,2-3,7,12-15H2,1H3. The molecule has 1 aliphatic heterocycles. The normalized spacial score (nSPS) is 17.2. The Morgan fingerprint density at radius 3 is 2.40 bits per heavy atom. The molecular weight excluding hydrogens is 403 g/mol. The minimum absolute atomic E-state index is 0.151. The summed E-state index contributed by atoms with van der Waals surface area (Å²) in [5, 5.41) is 0. The topological polar surface area (TPSA) is 57.7 Å². The number of anilines is 1. The van der Waals surface area contributed by atoms with Crippen LogP contribution in [0.5, 0.6) is 0 Å². The number of rotatable bonds is 4. The molecule has 1 aliphatic carbocycles. The van der Waals surface area contributed by atoms with Crippen LogP contribution in [0.15, 0.2) is 53.4 Å². The van der Waals surface area contributed by atoms with Gasteiger partial charge in [-0.25, -0.2) is 12.8 Å². The number of nitrogens with zero attached hydrogens (tertiary/aromatic N) is 2. The molecule has 1 amide bonds. The summed E-state index contributed by atoms with van der Waals surface area (Å²) in [6.45, 7) is 1.95. The van der Waals surface area contributed by atoms with Crippen LogP contribution in [-0.4, -0.2) is 51.7 Å². The van der Waals surface area contributed by atoms with Gasteiger partial charge in [0.05, 0.1) is 10.6 Å². The van der Waals surface area contributed by atoms with Crippen molar-refractivity contribution in [2.45, 2.75) is 24.2 Å². The summed E-state index contributed by atoms with van der Waals surface area (Å²) in [7, 11) is -3.42. The van der Waals surface area contributed by atoms with Gasteiger partial charge in [0.15, 0.2) is 9.84 Å². The Hall–Kier alpha value is -2.67. The molecule has 1 heterocycles. The first-order valence-electron chi connectivity index (χ1n) is 10.2. The molecule has 0 atom stereocenters. The molecule has 0 spiro atoms. The maximum Gasteiger partial charge on any atom is 0.254 e. The highest BCUT2D eigenvalue weighted by Gasteiger charge is 2.27. The average molecular weight is 429 g/mol.